The van der Waals surface area contributed by atoms with Crippen molar-refractivity contribution in [2.45, 2.75) is 32.4 Å². The zero-order chi connectivity index (χ0) is 27.4. The Balaban J connectivity index is 1.24. The lowest BCUT2D eigenvalue weighted by Gasteiger charge is -2.25. The summed E-state index contributed by atoms with van der Waals surface area (Å²) in [5, 5.41) is 6.07. The van der Waals surface area contributed by atoms with Gasteiger partial charge in [0.2, 0.25) is 11.8 Å². The topological polar surface area (TPSA) is 103 Å². The number of aliphatic imine (C=N–C) groups is 2. The first kappa shape index (κ1) is 26.3. The van der Waals surface area contributed by atoms with Gasteiger partial charge in [-0.3, -0.25) is 19.4 Å². The number of hydrogen-bond acceptors (Lipinski definition) is 6. The van der Waals surface area contributed by atoms with Crippen molar-refractivity contribution >= 4 is 51.9 Å². The summed E-state index contributed by atoms with van der Waals surface area (Å²) < 4.78 is 13.1. The zero-order valence-electron chi connectivity index (χ0n) is 21.2. The van der Waals surface area contributed by atoms with Crippen molar-refractivity contribution in [2.24, 2.45) is 9.98 Å². The highest BCUT2D eigenvalue weighted by Gasteiger charge is 2.41. The average molecular weight is 544 g/mol. The number of rotatable bonds is 8. The van der Waals surface area contributed by atoms with Crippen molar-refractivity contribution in [3.05, 3.63) is 95.3 Å². The Hall–Kier alpha value is -4.31. The van der Waals surface area contributed by atoms with Crippen LogP contribution in [0.3, 0.4) is 0 Å². The molecule has 3 amide bonds. The Morgan fingerprint density at radius 1 is 1.00 bits per heavy atom. The van der Waals surface area contributed by atoms with Crippen LogP contribution >= 0.6 is 11.8 Å². The molecular formula is C29H26FN5O3S. The summed E-state index contributed by atoms with van der Waals surface area (Å²) in [6.07, 6.45) is 0.324. The molecule has 10 heteroatoms. The number of benzene rings is 3. The molecule has 8 nitrogen and oxygen atoms in total. The zero-order valence-corrected chi connectivity index (χ0v) is 22.0. The minimum atomic E-state index is -0.741. The molecule has 3 aromatic rings. The van der Waals surface area contributed by atoms with Crippen molar-refractivity contribution in [3.8, 4) is 0 Å². The van der Waals surface area contributed by atoms with Gasteiger partial charge in [0.15, 0.2) is 5.17 Å². The van der Waals surface area contributed by atoms with Crippen LogP contribution < -0.4 is 10.6 Å². The molecular weight excluding hydrogens is 517 g/mol. The minimum absolute atomic E-state index is 0.0584. The van der Waals surface area contributed by atoms with Crippen LogP contribution in [0, 0.1) is 12.7 Å². The summed E-state index contributed by atoms with van der Waals surface area (Å²) in [6, 6.07) is 20.1. The molecule has 5 rings (SSSR count). The first-order chi connectivity index (χ1) is 18.9. The second-order valence-electron chi connectivity index (χ2n) is 9.15. The predicted octanol–water partition coefficient (Wildman–Crippen LogP) is 4.56. The van der Waals surface area contributed by atoms with Crippen LogP contribution in [0.15, 0.2) is 82.8 Å². The number of para-hydroxylation sites is 2. The van der Waals surface area contributed by atoms with E-state index in [2.05, 4.69) is 20.6 Å². The van der Waals surface area contributed by atoms with Gasteiger partial charge in [0.05, 0.1) is 11.4 Å². The molecule has 0 radical (unpaired) electrons. The van der Waals surface area contributed by atoms with Crippen LogP contribution in [0.5, 0.6) is 0 Å². The van der Waals surface area contributed by atoms with Gasteiger partial charge < -0.3 is 10.6 Å². The molecule has 0 spiro atoms. The van der Waals surface area contributed by atoms with E-state index < -0.39 is 6.04 Å². The second-order valence-corrected chi connectivity index (χ2v) is 10.1. The number of halogens is 1. The largest absolute Gasteiger partial charge is 0.352 e. The number of aryl methyl sites for hydroxylation is 1. The molecule has 2 heterocycles. The number of nitrogens with one attached hydrogen (secondary N) is 2. The average Bonchev–Trinajstić information content (AvgIpc) is 3.28. The highest BCUT2D eigenvalue weighted by Crippen LogP contribution is 2.34. The molecule has 0 aliphatic carbocycles. The molecule has 39 heavy (non-hydrogen) atoms. The second kappa shape index (κ2) is 11.6. The van der Waals surface area contributed by atoms with Crippen LogP contribution in [0.2, 0.25) is 0 Å². The minimum Gasteiger partial charge on any atom is -0.352 e. The van der Waals surface area contributed by atoms with Crippen molar-refractivity contribution in [2.75, 3.05) is 11.1 Å². The quantitative estimate of drug-likeness (QED) is 0.435. The first-order valence-corrected chi connectivity index (χ1v) is 13.5. The summed E-state index contributed by atoms with van der Waals surface area (Å²) in [7, 11) is 0. The molecule has 2 aliphatic heterocycles. The molecule has 2 N–H and O–H groups in total. The van der Waals surface area contributed by atoms with Crippen molar-refractivity contribution < 1.29 is 18.8 Å². The lowest BCUT2D eigenvalue weighted by Crippen LogP contribution is -2.41. The first-order valence-electron chi connectivity index (χ1n) is 12.5. The number of nitrogens with zero attached hydrogens (tertiary/aromatic N) is 3. The van der Waals surface area contributed by atoms with Crippen LogP contribution in [0.4, 0.5) is 15.8 Å². The Kier molecular flexibility index (Phi) is 7.83. The molecule has 0 saturated heterocycles. The van der Waals surface area contributed by atoms with Gasteiger partial charge in [-0.1, -0.05) is 54.2 Å². The third-order valence-electron chi connectivity index (χ3n) is 6.35. The molecule has 0 fully saturated rings. The van der Waals surface area contributed by atoms with Crippen LogP contribution in [-0.2, 0) is 20.9 Å². The maximum Gasteiger partial charge on any atom is 0.259 e. The molecule has 0 saturated carbocycles. The van der Waals surface area contributed by atoms with Gasteiger partial charge in [-0.25, -0.2) is 14.3 Å². The van der Waals surface area contributed by atoms with E-state index in [1.54, 1.807) is 12.1 Å². The van der Waals surface area contributed by atoms with Gasteiger partial charge in [-0.05, 0) is 54.8 Å². The fourth-order valence-electron chi connectivity index (χ4n) is 4.28. The third-order valence-corrected chi connectivity index (χ3v) is 7.29. The van der Waals surface area contributed by atoms with Gasteiger partial charge in [0, 0.05) is 24.2 Å². The van der Waals surface area contributed by atoms with Gasteiger partial charge in [0.25, 0.3) is 5.91 Å². The Morgan fingerprint density at radius 2 is 1.74 bits per heavy atom. The smallest absolute Gasteiger partial charge is 0.259 e. The molecule has 0 aromatic heterocycles. The van der Waals surface area contributed by atoms with E-state index in [0.717, 1.165) is 34.1 Å². The van der Waals surface area contributed by atoms with Crippen LogP contribution in [0.1, 0.15) is 29.5 Å². The number of fused-ring (bicyclic) bond motifs is 3. The fraction of sp³-hybridized carbons (Fsp3) is 0.207. The maximum atomic E-state index is 13.4. The lowest BCUT2D eigenvalue weighted by atomic mass is 10.1. The third kappa shape index (κ3) is 6.06. The molecule has 0 bridgehead atoms. The normalized spacial score (nSPS) is 15.7. The Bertz CT molecular complexity index is 1490. The predicted molar refractivity (Wildman–Crippen MR) is 150 cm³/mol. The van der Waals surface area contributed by atoms with Gasteiger partial charge in [-0.2, -0.15) is 0 Å². The highest BCUT2D eigenvalue weighted by molar-refractivity contribution is 8.14. The monoisotopic (exact) mass is 543 g/mol. The van der Waals surface area contributed by atoms with Crippen molar-refractivity contribution in [3.63, 3.8) is 0 Å². The fourth-order valence-corrected chi connectivity index (χ4v) is 5.08. The van der Waals surface area contributed by atoms with E-state index in [1.165, 1.54) is 17.0 Å². The van der Waals surface area contributed by atoms with E-state index in [0.29, 0.717) is 16.7 Å². The number of anilines is 1. The molecule has 3 aromatic carbocycles. The number of amidine groups is 2. The van der Waals surface area contributed by atoms with E-state index in [1.807, 2.05) is 55.5 Å². The summed E-state index contributed by atoms with van der Waals surface area (Å²) in [6.45, 7) is 2.18. The summed E-state index contributed by atoms with van der Waals surface area (Å²) in [4.78, 5) is 49.3. The van der Waals surface area contributed by atoms with Gasteiger partial charge in [-0.15, -0.1) is 0 Å². The summed E-state index contributed by atoms with van der Waals surface area (Å²) in [5.41, 5.74) is 3.85. The molecule has 1 atom stereocenters. The number of amides is 3. The van der Waals surface area contributed by atoms with E-state index in [4.69, 9.17) is 0 Å². The number of carbonyl (C=O) groups excluding carboxylic acids is 3. The maximum absolute atomic E-state index is 13.4. The summed E-state index contributed by atoms with van der Waals surface area (Å²) in [5.74, 6) is -0.525. The van der Waals surface area contributed by atoms with E-state index >= 15 is 0 Å². The highest BCUT2D eigenvalue weighted by atomic mass is 32.2. The Labute approximate surface area is 229 Å². The standard InChI is InChI=1S/C29H26FN5O3S/c1-18-6-2-4-8-22(18)32-26(37)17-39-29-34-23-9-5-3-7-21(23)27-33-24(28(38)35(27)29)14-15-25(36)31-16-19-10-12-20(30)13-11-19/h2-13,24H,14-17H2,1H3,(H,31,36)(H,32,37). The van der Waals surface area contributed by atoms with Crippen molar-refractivity contribution in [1.29, 1.82) is 0 Å². The number of carbonyl (C=O) groups is 3. The van der Waals surface area contributed by atoms with E-state index in [9.17, 15) is 18.8 Å². The summed E-state index contributed by atoms with van der Waals surface area (Å²) >= 11 is 1.16. The van der Waals surface area contributed by atoms with Crippen LogP contribution in [0.25, 0.3) is 0 Å². The van der Waals surface area contributed by atoms with E-state index in [-0.39, 0.29) is 48.7 Å². The SMILES string of the molecule is Cc1ccccc1NC(=O)CSC1=Nc2ccccc2C2=NC(CCC(=O)NCc3ccc(F)cc3)C(=O)N12. The lowest BCUT2D eigenvalue weighted by molar-refractivity contribution is -0.125. The van der Waals surface area contributed by atoms with Gasteiger partial charge >= 0.3 is 0 Å². The number of hydrogen-bond donors (Lipinski definition) is 2. The molecule has 2 aliphatic rings. The van der Waals surface area contributed by atoms with Crippen LogP contribution in [-0.4, -0.2) is 45.4 Å². The number of thioether (sulfide) groups is 1. The molecule has 1 unspecified atom stereocenters. The Morgan fingerprint density at radius 3 is 2.54 bits per heavy atom. The van der Waals surface area contributed by atoms with Crippen molar-refractivity contribution in [1.82, 2.24) is 10.2 Å². The molecule has 198 valence electrons. The van der Waals surface area contributed by atoms with Gasteiger partial charge in [0.1, 0.15) is 17.7 Å².